The number of amides is 2. The van der Waals surface area contributed by atoms with E-state index in [1.165, 1.54) is 30.3 Å². The van der Waals surface area contributed by atoms with Crippen molar-refractivity contribution in [2.24, 2.45) is 0 Å². The van der Waals surface area contributed by atoms with Gasteiger partial charge >= 0.3 is 12.1 Å². The van der Waals surface area contributed by atoms with E-state index in [2.05, 4.69) is 21.4 Å². The molecule has 7 rings (SSSR count). The Morgan fingerprint density at radius 1 is 0.800 bits per heavy atom. The monoisotopic (exact) mass is 758 g/mol. The van der Waals surface area contributed by atoms with E-state index in [9.17, 15) is 29.4 Å². The number of aromatic hydroxyl groups is 1. The Labute approximate surface area is 319 Å². The Morgan fingerprint density at radius 2 is 1.51 bits per heavy atom. The number of phenols is 1. The Hall–Kier alpha value is -6.77. The summed E-state index contributed by atoms with van der Waals surface area (Å²) in [6.07, 6.45) is -0.310. The molecule has 1 aliphatic heterocycles. The number of rotatable bonds is 12. The number of phenolic OH excluding ortho intramolecular Hbond substituents is 1. The Bertz CT molecular complexity index is 2440. The standard InChI is InChI=1S/C41H34N4O9S/c46-24-11-14-31-35(19-24)54-36-20-25(47)12-15-32(36)38(31)30-13-10-23(18-33(30)39(49)50)44-40(55)43-17-5-16-42-37(48)22-53-45-41(51)52-21-34-28-8-3-1-6-26(28)27-7-2-4-9-29(27)34/h1-4,6-15,18-20,34,46H,5,16-17,21-22H2,(H,42,48)(H,45,51)(H,49,50)(H2,43,44,55). The van der Waals surface area contributed by atoms with Gasteiger partial charge in [0.2, 0.25) is 5.91 Å². The van der Waals surface area contributed by atoms with E-state index in [0.717, 1.165) is 22.3 Å². The second-order valence-corrected chi connectivity index (χ2v) is 13.1. The van der Waals surface area contributed by atoms with E-state index in [-0.39, 0.29) is 52.3 Å². The first-order chi connectivity index (χ1) is 26.7. The summed E-state index contributed by atoms with van der Waals surface area (Å²) in [5, 5.41) is 29.7. The summed E-state index contributed by atoms with van der Waals surface area (Å²) in [5.41, 5.74) is 8.37. The molecule has 3 aliphatic rings. The lowest BCUT2D eigenvalue weighted by molar-refractivity contribution is -0.127. The number of benzene rings is 5. The Kier molecular flexibility index (Phi) is 10.7. The average molecular weight is 759 g/mol. The van der Waals surface area contributed by atoms with Crippen LogP contribution in [-0.2, 0) is 14.4 Å². The number of anilines is 1. The number of ether oxygens (including phenoxy) is 1. The van der Waals surface area contributed by atoms with Gasteiger partial charge in [0, 0.05) is 53.3 Å². The fraction of sp³-hybridized carbons (Fsp3) is 0.146. The SMILES string of the molecule is O=C(CONC(=O)OCC1c2ccccc2-c2ccccc21)NCCCNC(=S)Nc1ccc(-c2c3ccc(=O)cc-3oc3cc(O)ccc23)c(C(=O)O)c1. The molecule has 0 atom stereocenters. The van der Waals surface area contributed by atoms with Gasteiger partial charge in [0.15, 0.2) is 17.1 Å². The lowest BCUT2D eigenvalue weighted by Crippen LogP contribution is -2.35. The van der Waals surface area contributed by atoms with Gasteiger partial charge in [-0.15, -0.1) is 0 Å². The van der Waals surface area contributed by atoms with Crippen molar-refractivity contribution >= 4 is 52.0 Å². The minimum atomic E-state index is -1.19. The van der Waals surface area contributed by atoms with Crippen LogP contribution in [0.3, 0.4) is 0 Å². The van der Waals surface area contributed by atoms with Crippen molar-refractivity contribution in [1.29, 1.82) is 0 Å². The predicted octanol–water partition coefficient (Wildman–Crippen LogP) is 6.23. The second kappa shape index (κ2) is 16.1. The van der Waals surface area contributed by atoms with Crippen molar-refractivity contribution in [3.05, 3.63) is 130 Å². The molecule has 0 unspecified atom stereocenters. The highest BCUT2D eigenvalue weighted by Gasteiger charge is 2.29. The summed E-state index contributed by atoms with van der Waals surface area (Å²) in [6.45, 7) is 0.375. The summed E-state index contributed by atoms with van der Waals surface area (Å²) in [5.74, 6) is -1.53. The zero-order valence-corrected chi connectivity index (χ0v) is 29.9. The van der Waals surface area contributed by atoms with Crippen LogP contribution in [0.25, 0.3) is 44.5 Å². The van der Waals surface area contributed by atoms with Gasteiger partial charge in [0.05, 0.1) is 5.56 Å². The van der Waals surface area contributed by atoms with E-state index >= 15 is 0 Å². The van der Waals surface area contributed by atoms with Crippen LogP contribution in [-0.4, -0.2) is 59.6 Å². The summed E-state index contributed by atoms with van der Waals surface area (Å²) < 4.78 is 11.3. The minimum absolute atomic E-state index is 0.0288. The van der Waals surface area contributed by atoms with Crippen LogP contribution in [0.1, 0.15) is 33.8 Å². The quantitative estimate of drug-likeness (QED) is 0.0358. The van der Waals surface area contributed by atoms with Gasteiger partial charge < -0.3 is 35.3 Å². The molecule has 0 radical (unpaired) electrons. The summed E-state index contributed by atoms with van der Waals surface area (Å²) >= 11 is 5.41. The molecule has 4 aromatic carbocycles. The van der Waals surface area contributed by atoms with Crippen molar-refractivity contribution < 1.29 is 38.6 Å². The number of carboxylic acids is 1. The molecule has 2 amide bonds. The largest absolute Gasteiger partial charge is 0.508 e. The van der Waals surface area contributed by atoms with Crippen LogP contribution in [0.5, 0.6) is 5.75 Å². The molecule has 0 fully saturated rings. The summed E-state index contributed by atoms with van der Waals surface area (Å²) in [4.78, 5) is 54.1. The maximum atomic E-state index is 12.5. The van der Waals surface area contributed by atoms with E-state index < -0.39 is 24.6 Å². The van der Waals surface area contributed by atoms with Crippen LogP contribution in [0.2, 0.25) is 0 Å². The number of hydroxylamine groups is 1. The van der Waals surface area contributed by atoms with Gasteiger partial charge in [-0.05, 0) is 82.9 Å². The second-order valence-electron chi connectivity index (χ2n) is 12.7. The van der Waals surface area contributed by atoms with Crippen LogP contribution in [0.15, 0.2) is 112 Å². The third-order valence-corrected chi connectivity index (χ3v) is 9.36. The molecule has 1 heterocycles. The first-order valence-corrected chi connectivity index (χ1v) is 17.7. The fourth-order valence-electron chi connectivity index (χ4n) is 6.70. The van der Waals surface area contributed by atoms with Gasteiger partial charge in [-0.2, -0.15) is 5.48 Å². The van der Waals surface area contributed by atoms with Gasteiger partial charge in [-0.25, -0.2) is 9.59 Å². The molecule has 0 saturated heterocycles. The molecule has 6 N–H and O–H groups in total. The zero-order valence-electron chi connectivity index (χ0n) is 29.1. The number of carbonyl (C=O) groups excluding carboxylic acids is 2. The Balaban J connectivity index is 0.859. The highest BCUT2D eigenvalue weighted by Crippen LogP contribution is 2.45. The first kappa shape index (κ1) is 36.6. The van der Waals surface area contributed by atoms with Crippen molar-refractivity contribution in [2.75, 3.05) is 31.6 Å². The van der Waals surface area contributed by atoms with Crippen molar-refractivity contribution in [3.8, 4) is 39.3 Å². The maximum absolute atomic E-state index is 12.5. The Morgan fingerprint density at radius 3 is 2.25 bits per heavy atom. The molecule has 0 spiro atoms. The number of aromatic carboxylic acids is 1. The summed E-state index contributed by atoms with van der Waals surface area (Å²) in [7, 11) is 0. The number of nitrogens with one attached hydrogen (secondary N) is 4. The van der Waals surface area contributed by atoms with Crippen molar-refractivity contribution in [1.82, 2.24) is 16.1 Å². The molecule has 55 heavy (non-hydrogen) atoms. The lowest BCUT2D eigenvalue weighted by atomic mass is 9.90. The lowest BCUT2D eigenvalue weighted by Gasteiger charge is -2.18. The van der Waals surface area contributed by atoms with Crippen LogP contribution < -0.4 is 26.9 Å². The third kappa shape index (κ3) is 8.10. The van der Waals surface area contributed by atoms with Crippen LogP contribution in [0.4, 0.5) is 10.5 Å². The molecule has 2 aliphatic carbocycles. The molecule has 13 nitrogen and oxygen atoms in total. The van der Waals surface area contributed by atoms with Crippen LogP contribution >= 0.6 is 12.2 Å². The molecule has 14 heteroatoms. The highest BCUT2D eigenvalue weighted by atomic mass is 32.1. The van der Waals surface area contributed by atoms with E-state index in [1.807, 2.05) is 48.5 Å². The normalized spacial score (nSPS) is 11.8. The van der Waals surface area contributed by atoms with Crippen LogP contribution in [0, 0.1) is 0 Å². The number of hydrogen-bond donors (Lipinski definition) is 6. The zero-order chi connectivity index (χ0) is 38.5. The van der Waals surface area contributed by atoms with Gasteiger partial charge in [-0.3, -0.25) is 14.4 Å². The van der Waals surface area contributed by atoms with Gasteiger partial charge in [-0.1, -0.05) is 54.6 Å². The first-order valence-electron chi connectivity index (χ1n) is 17.3. The molecular weight excluding hydrogens is 725 g/mol. The number of hydrogen-bond acceptors (Lipinski definition) is 9. The van der Waals surface area contributed by atoms with E-state index in [4.69, 9.17) is 26.2 Å². The van der Waals surface area contributed by atoms with E-state index in [0.29, 0.717) is 40.7 Å². The topological polar surface area (TPSA) is 188 Å². The van der Waals surface area contributed by atoms with Crippen molar-refractivity contribution in [2.45, 2.75) is 12.3 Å². The molecule has 0 saturated carbocycles. The summed E-state index contributed by atoms with van der Waals surface area (Å²) in [6, 6.07) is 29.5. The average Bonchev–Trinajstić information content (AvgIpc) is 3.49. The predicted molar refractivity (Wildman–Crippen MR) is 209 cm³/mol. The molecular formula is C41H34N4O9S. The number of carboxylic acid groups (broad SMARTS) is 1. The number of fused-ring (bicyclic) bond motifs is 5. The molecule has 0 aromatic heterocycles. The smallest absolute Gasteiger partial charge is 0.431 e. The molecule has 0 bridgehead atoms. The highest BCUT2D eigenvalue weighted by molar-refractivity contribution is 7.80. The molecule has 4 aromatic rings. The minimum Gasteiger partial charge on any atom is -0.508 e. The number of carbonyl (C=O) groups is 3. The third-order valence-electron chi connectivity index (χ3n) is 9.12. The van der Waals surface area contributed by atoms with Crippen molar-refractivity contribution in [3.63, 3.8) is 0 Å². The molecule has 278 valence electrons. The van der Waals surface area contributed by atoms with E-state index in [1.54, 1.807) is 24.3 Å². The van der Waals surface area contributed by atoms with Gasteiger partial charge in [0.25, 0.3) is 0 Å². The van der Waals surface area contributed by atoms with Gasteiger partial charge in [0.1, 0.15) is 23.7 Å². The fourth-order valence-corrected chi connectivity index (χ4v) is 6.92. The number of thiocarbonyl (C=S) groups is 1. The maximum Gasteiger partial charge on any atom is 0.431 e.